The van der Waals surface area contributed by atoms with Gasteiger partial charge >= 0.3 is 0 Å². The number of hydrogen-bond donors (Lipinski definition) is 2. The van der Waals surface area contributed by atoms with Crippen LogP contribution in [0.2, 0.25) is 0 Å². The predicted octanol–water partition coefficient (Wildman–Crippen LogP) is 2.06. The van der Waals surface area contributed by atoms with E-state index in [0.29, 0.717) is 0 Å². The molecule has 0 aromatic heterocycles. The second-order valence-electron chi connectivity index (χ2n) is 4.93. The lowest BCUT2D eigenvalue weighted by Crippen LogP contribution is -2.36. The molecule has 0 atom stereocenters. The Morgan fingerprint density at radius 2 is 2.00 bits per heavy atom. The van der Waals surface area contributed by atoms with E-state index in [1.54, 1.807) is 0 Å². The fourth-order valence-corrected chi connectivity index (χ4v) is 2.31. The highest BCUT2D eigenvalue weighted by Gasteiger charge is 2.10. The molecule has 1 aromatic carbocycles. The maximum atomic E-state index is 5.49. The lowest BCUT2D eigenvalue weighted by Gasteiger charge is -2.29. The van der Waals surface area contributed by atoms with Crippen molar-refractivity contribution in [2.24, 2.45) is 5.73 Å². The van der Waals surface area contributed by atoms with Gasteiger partial charge in [-0.25, -0.2) is 0 Å². The van der Waals surface area contributed by atoms with Crippen LogP contribution in [0, 0.1) is 0 Å². The third-order valence-electron chi connectivity index (χ3n) is 3.43. The minimum Gasteiger partial charge on any atom is -0.385 e. The average molecular weight is 263 g/mol. The molecule has 2 rings (SSSR count). The van der Waals surface area contributed by atoms with Gasteiger partial charge in [0, 0.05) is 31.0 Å². The number of unbranched alkanes of at least 4 members (excludes halogenated alkanes) is 2. The van der Waals surface area contributed by atoms with Crippen molar-refractivity contribution < 1.29 is 4.74 Å². The first-order chi connectivity index (χ1) is 9.40. The fraction of sp³-hybridized carbons (Fsp3) is 0.600. The minimum atomic E-state index is 0.798. The van der Waals surface area contributed by atoms with Crippen molar-refractivity contribution in [2.45, 2.75) is 19.3 Å². The molecule has 19 heavy (non-hydrogen) atoms. The van der Waals surface area contributed by atoms with Gasteiger partial charge in [-0.3, -0.25) is 0 Å². The maximum Gasteiger partial charge on any atom is 0.0642 e. The summed E-state index contributed by atoms with van der Waals surface area (Å²) in [7, 11) is 0. The monoisotopic (exact) mass is 263 g/mol. The molecule has 0 amide bonds. The molecule has 0 spiro atoms. The van der Waals surface area contributed by atoms with Crippen LogP contribution < -0.4 is 16.0 Å². The van der Waals surface area contributed by atoms with Crippen LogP contribution in [0.25, 0.3) is 0 Å². The summed E-state index contributed by atoms with van der Waals surface area (Å²) in [5, 5.41) is 3.48. The number of nitrogens with two attached hydrogens (primary N) is 1. The van der Waals surface area contributed by atoms with Crippen LogP contribution in [0.15, 0.2) is 24.3 Å². The first-order valence-electron chi connectivity index (χ1n) is 7.27. The molecule has 3 N–H and O–H groups in total. The lowest BCUT2D eigenvalue weighted by atomic mass is 10.2. The molecule has 0 saturated carbocycles. The Balaban J connectivity index is 1.81. The highest BCUT2D eigenvalue weighted by molar-refractivity contribution is 5.58. The zero-order chi connectivity index (χ0) is 13.3. The summed E-state index contributed by atoms with van der Waals surface area (Å²) < 4.78 is 5.39. The Kier molecular flexibility index (Phi) is 5.98. The van der Waals surface area contributed by atoms with E-state index in [0.717, 1.165) is 45.8 Å². The third kappa shape index (κ3) is 4.73. The van der Waals surface area contributed by atoms with Crippen molar-refractivity contribution in [3.63, 3.8) is 0 Å². The van der Waals surface area contributed by atoms with Crippen LogP contribution in [0.1, 0.15) is 19.3 Å². The highest BCUT2D eigenvalue weighted by Crippen LogP contribution is 2.20. The maximum absolute atomic E-state index is 5.49. The van der Waals surface area contributed by atoms with Crippen LogP contribution in [0.5, 0.6) is 0 Å². The first-order valence-corrected chi connectivity index (χ1v) is 7.27. The molecule has 106 valence electrons. The van der Waals surface area contributed by atoms with Crippen LogP contribution in [-0.2, 0) is 4.74 Å². The smallest absolute Gasteiger partial charge is 0.0642 e. The van der Waals surface area contributed by atoms with Gasteiger partial charge in [0.15, 0.2) is 0 Å². The fourth-order valence-electron chi connectivity index (χ4n) is 2.31. The molecule has 1 aromatic rings. The quantitative estimate of drug-likeness (QED) is 0.739. The van der Waals surface area contributed by atoms with Gasteiger partial charge in [-0.05, 0) is 37.6 Å². The Labute approximate surface area is 115 Å². The number of anilines is 2. The number of hydrogen-bond acceptors (Lipinski definition) is 4. The standard InChI is InChI=1S/C15H25N3O/c16-7-2-1-3-8-17-14-5-4-6-15(13-14)18-9-11-19-12-10-18/h4-6,13,17H,1-3,7-12,16H2. The van der Waals surface area contributed by atoms with Crippen molar-refractivity contribution in [2.75, 3.05) is 49.6 Å². The normalized spacial score (nSPS) is 15.5. The molecule has 0 bridgehead atoms. The van der Waals surface area contributed by atoms with Gasteiger partial charge in [0.2, 0.25) is 0 Å². The van der Waals surface area contributed by atoms with E-state index in [1.165, 1.54) is 24.2 Å². The van der Waals surface area contributed by atoms with Gasteiger partial charge in [0.25, 0.3) is 0 Å². The van der Waals surface area contributed by atoms with E-state index >= 15 is 0 Å². The van der Waals surface area contributed by atoms with Crippen molar-refractivity contribution in [3.8, 4) is 0 Å². The summed E-state index contributed by atoms with van der Waals surface area (Å²) in [6.07, 6.45) is 3.50. The Morgan fingerprint density at radius 1 is 1.16 bits per heavy atom. The van der Waals surface area contributed by atoms with Gasteiger partial charge in [0.1, 0.15) is 0 Å². The third-order valence-corrected chi connectivity index (χ3v) is 3.43. The van der Waals surface area contributed by atoms with E-state index < -0.39 is 0 Å². The molecule has 0 aliphatic carbocycles. The number of ether oxygens (including phenoxy) is 1. The van der Waals surface area contributed by atoms with Gasteiger partial charge in [-0.15, -0.1) is 0 Å². The van der Waals surface area contributed by atoms with Gasteiger partial charge in [0.05, 0.1) is 13.2 Å². The van der Waals surface area contributed by atoms with Crippen molar-refractivity contribution in [1.82, 2.24) is 0 Å². The highest BCUT2D eigenvalue weighted by atomic mass is 16.5. The number of rotatable bonds is 7. The molecule has 1 fully saturated rings. The Hall–Kier alpha value is -1.26. The summed E-state index contributed by atoms with van der Waals surface area (Å²) in [6, 6.07) is 8.65. The second-order valence-corrected chi connectivity index (χ2v) is 4.93. The summed E-state index contributed by atoms with van der Waals surface area (Å²) in [5.74, 6) is 0. The van der Waals surface area contributed by atoms with E-state index in [-0.39, 0.29) is 0 Å². The van der Waals surface area contributed by atoms with Gasteiger partial charge in [-0.2, -0.15) is 0 Å². The zero-order valence-electron chi connectivity index (χ0n) is 11.6. The van der Waals surface area contributed by atoms with E-state index in [2.05, 4.69) is 34.5 Å². The Morgan fingerprint density at radius 3 is 2.79 bits per heavy atom. The second kappa shape index (κ2) is 8.02. The van der Waals surface area contributed by atoms with Gasteiger partial charge < -0.3 is 20.7 Å². The van der Waals surface area contributed by atoms with Crippen LogP contribution in [0.3, 0.4) is 0 Å². The molecule has 0 unspecified atom stereocenters. The summed E-state index contributed by atoms with van der Waals surface area (Å²) >= 11 is 0. The van der Waals surface area contributed by atoms with Crippen LogP contribution in [0.4, 0.5) is 11.4 Å². The van der Waals surface area contributed by atoms with Crippen molar-refractivity contribution >= 4 is 11.4 Å². The van der Waals surface area contributed by atoms with E-state index in [9.17, 15) is 0 Å². The van der Waals surface area contributed by atoms with Crippen LogP contribution >= 0.6 is 0 Å². The topological polar surface area (TPSA) is 50.5 Å². The van der Waals surface area contributed by atoms with Crippen molar-refractivity contribution in [1.29, 1.82) is 0 Å². The number of nitrogens with one attached hydrogen (secondary N) is 1. The molecule has 0 radical (unpaired) electrons. The lowest BCUT2D eigenvalue weighted by molar-refractivity contribution is 0.122. The van der Waals surface area contributed by atoms with E-state index in [4.69, 9.17) is 10.5 Å². The molecular formula is C15H25N3O. The molecule has 1 heterocycles. The predicted molar refractivity (Wildman–Crippen MR) is 80.9 cm³/mol. The molecule has 4 nitrogen and oxygen atoms in total. The van der Waals surface area contributed by atoms with Crippen LogP contribution in [-0.4, -0.2) is 39.4 Å². The molecule has 1 aliphatic rings. The van der Waals surface area contributed by atoms with Gasteiger partial charge in [-0.1, -0.05) is 12.5 Å². The SMILES string of the molecule is NCCCCCNc1cccc(N2CCOCC2)c1. The Bertz CT molecular complexity index is 364. The van der Waals surface area contributed by atoms with Crippen molar-refractivity contribution in [3.05, 3.63) is 24.3 Å². The molecular weight excluding hydrogens is 238 g/mol. The largest absolute Gasteiger partial charge is 0.385 e. The molecule has 1 aliphatic heterocycles. The number of nitrogens with zero attached hydrogens (tertiary/aromatic N) is 1. The summed E-state index contributed by atoms with van der Waals surface area (Å²) in [5.41, 5.74) is 7.98. The summed E-state index contributed by atoms with van der Waals surface area (Å²) in [4.78, 5) is 2.38. The average Bonchev–Trinajstić information content (AvgIpc) is 2.48. The van der Waals surface area contributed by atoms with E-state index in [1.807, 2.05) is 0 Å². The molecule has 1 saturated heterocycles. The molecule has 4 heteroatoms. The summed E-state index contributed by atoms with van der Waals surface area (Å²) in [6.45, 7) is 5.45. The minimum absolute atomic E-state index is 0.798. The number of benzene rings is 1. The number of morpholine rings is 1. The zero-order valence-corrected chi connectivity index (χ0v) is 11.6. The first kappa shape index (κ1) is 14.2.